The average molecular weight is 245 g/mol. The third-order valence-electron chi connectivity index (χ3n) is 2.32. The lowest BCUT2D eigenvalue weighted by Gasteiger charge is -2.08. The second kappa shape index (κ2) is 4.86. The fraction of sp³-hybridized carbons (Fsp3) is 0.0769. The normalized spacial score (nSPS) is 9.71. The minimum Gasteiger partial charge on any atom is -0.496 e. The number of pyridine rings is 1. The molecule has 0 N–H and O–H groups in total. The maximum absolute atomic E-state index is 8.89. The highest BCUT2D eigenvalue weighted by Crippen LogP contribution is 2.30. The number of nitrogens with zero attached hydrogens (tertiary/aromatic N) is 2. The number of halogens is 1. The number of hydrogen-bond donors (Lipinski definition) is 0. The maximum atomic E-state index is 8.89. The summed E-state index contributed by atoms with van der Waals surface area (Å²) in [5.74, 6) is 0.666. The van der Waals surface area contributed by atoms with Crippen LogP contribution in [0.25, 0.3) is 11.3 Å². The smallest absolute Gasteiger partial charge is 0.129 e. The largest absolute Gasteiger partial charge is 0.496 e. The van der Waals surface area contributed by atoms with Crippen LogP contribution in [0.5, 0.6) is 5.75 Å². The number of rotatable bonds is 2. The predicted molar refractivity (Wildman–Crippen MR) is 66.0 cm³/mol. The van der Waals surface area contributed by atoms with Crippen LogP contribution < -0.4 is 4.74 Å². The number of nitriles is 1. The van der Waals surface area contributed by atoms with Crippen LogP contribution in [-0.4, -0.2) is 12.1 Å². The van der Waals surface area contributed by atoms with Crippen LogP contribution in [-0.2, 0) is 0 Å². The van der Waals surface area contributed by atoms with Gasteiger partial charge in [-0.1, -0.05) is 17.7 Å². The Labute approximate surface area is 104 Å². The average Bonchev–Trinajstić information content (AvgIpc) is 2.38. The Balaban J connectivity index is 2.61. The zero-order chi connectivity index (χ0) is 12.3. The number of aromatic nitrogens is 1. The van der Waals surface area contributed by atoms with Gasteiger partial charge in [-0.2, -0.15) is 5.26 Å². The number of methoxy groups -OCH3 is 1. The molecule has 0 spiro atoms. The Kier molecular flexibility index (Phi) is 3.27. The summed E-state index contributed by atoms with van der Waals surface area (Å²) < 4.78 is 5.25. The van der Waals surface area contributed by atoms with E-state index in [1.807, 2.05) is 12.1 Å². The highest BCUT2D eigenvalue weighted by atomic mass is 35.5. The lowest BCUT2D eigenvalue weighted by molar-refractivity contribution is 0.416. The minimum absolute atomic E-state index is 0.409. The Bertz CT molecular complexity index is 590. The number of hydrogen-bond acceptors (Lipinski definition) is 3. The summed E-state index contributed by atoms with van der Waals surface area (Å²) in [7, 11) is 1.58. The van der Waals surface area contributed by atoms with Crippen molar-refractivity contribution in [3.05, 3.63) is 47.1 Å². The van der Waals surface area contributed by atoms with E-state index in [1.54, 1.807) is 31.4 Å². The molecule has 0 aliphatic heterocycles. The van der Waals surface area contributed by atoms with Crippen molar-refractivity contribution in [1.82, 2.24) is 4.98 Å². The molecule has 1 aromatic carbocycles. The summed E-state index contributed by atoms with van der Waals surface area (Å²) in [6, 6.07) is 12.6. The molecule has 0 aliphatic carbocycles. The molecule has 2 aromatic rings. The van der Waals surface area contributed by atoms with Gasteiger partial charge in [-0.25, -0.2) is 4.98 Å². The molecular formula is C13H9ClN2O. The second-order valence-corrected chi connectivity index (χ2v) is 3.76. The molecule has 1 heterocycles. The molecule has 1 aromatic heterocycles. The number of benzene rings is 1. The molecule has 4 heteroatoms. The summed E-state index contributed by atoms with van der Waals surface area (Å²) in [6.07, 6.45) is 0. The van der Waals surface area contributed by atoms with Crippen molar-refractivity contribution >= 4 is 11.6 Å². The monoisotopic (exact) mass is 244 g/mol. The van der Waals surface area contributed by atoms with E-state index in [0.717, 1.165) is 5.56 Å². The van der Waals surface area contributed by atoms with E-state index in [1.165, 1.54) is 0 Å². The Morgan fingerprint density at radius 1 is 1.29 bits per heavy atom. The SMILES string of the molecule is COc1ccc(C#N)cc1-c1cccc(Cl)n1. The zero-order valence-corrected chi connectivity index (χ0v) is 9.90. The van der Waals surface area contributed by atoms with Crippen LogP contribution in [0.1, 0.15) is 5.56 Å². The molecule has 2 rings (SSSR count). The van der Waals surface area contributed by atoms with Crippen LogP contribution in [0.4, 0.5) is 0 Å². The number of ether oxygens (including phenoxy) is 1. The first-order chi connectivity index (χ1) is 8.24. The zero-order valence-electron chi connectivity index (χ0n) is 9.14. The quantitative estimate of drug-likeness (QED) is 0.762. The summed E-state index contributed by atoms with van der Waals surface area (Å²) in [6.45, 7) is 0. The molecule has 84 valence electrons. The van der Waals surface area contributed by atoms with Crippen molar-refractivity contribution in [2.24, 2.45) is 0 Å². The predicted octanol–water partition coefficient (Wildman–Crippen LogP) is 3.28. The fourth-order valence-electron chi connectivity index (χ4n) is 1.54. The molecule has 0 unspecified atom stereocenters. The van der Waals surface area contributed by atoms with E-state index in [-0.39, 0.29) is 0 Å². The minimum atomic E-state index is 0.409. The second-order valence-electron chi connectivity index (χ2n) is 3.37. The van der Waals surface area contributed by atoms with Gasteiger partial charge in [0.05, 0.1) is 24.4 Å². The van der Waals surface area contributed by atoms with Crippen molar-refractivity contribution in [3.8, 4) is 23.1 Å². The van der Waals surface area contributed by atoms with Crippen molar-refractivity contribution in [1.29, 1.82) is 5.26 Å². The first-order valence-electron chi connectivity index (χ1n) is 4.95. The van der Waals surface area contributed by atoms with Crippen LogP contribution in [0.2, 0.25) is 5.15 Å². The lowest BCUT2D eigenvalue weighted by Crippen LogP contribution is -1.91. The van der Waals surface area contributed by atoms with Gasteiger partial charge in [0.15, 0.2) is 0 Å². The van der Waals surface area contributed by atoms with Gasteiger partial charge in [0, 0.05) is 5.56 Å². The van der Waals surface area contributed by atoms with Gasteiger partial charge in [0.2, 0.25) is 0 Å². The highest BCUT2D eigenvalue weighted by molar-refractivity contribution is 6.29. The summed E-state index contributed by atoms with van der Waals surface area (Å²) in [5.41, 5.74) is 2.00. The van der Waals surface area contributed by atoms with Gasteiger partial charge in [-0.05, 0) is 30.3 Å². The summed E-state index contributed by atoms with van der Waals surface area (Å²) in [4.78, 5) is 4.20. The van der Waals surface area contributed by atoms with Gasteiger partial charge in [-0.15, -0.1) is 0 Å². The lowest BCUT2D eigenvalue weighted by atomic mass is 10.1. The highest BCUT2D eigenvalue weighted by Gasteiger charge is 2.08. The molecule has 3 nitrogen and oxygen atoms in total. The molecule has 0 aliphatic rings. The van der Waals surface area contributed by atoms with Crippen LogP contribution in [0.15, 0.2) is 36.4 Å². The first-order valence-corrected chi connectivity index (χ1v) is 5.33. The van der Waals surface area contributed by atoms with Crippen molar-refractivity contribution < 1.29 is 4.74 Å². The fourth-order valence-corrected chi connectivity index (χ4v) is 1.70. The van der Waals surface area contributed by atoms with E-state index in [2.05, 4.69) is 11.1 Å². The molecule has 0 amide bonds. The topological polar surface area (TPSA) is 45.9 Å². The van der Waals surface area contributed by atoms with Crippen LogP contribution in [0, 0.1) is 11.3 Å². The van der Waals surface area contributed by atoms with Crippen LogP contribution in [0.3, 0.4) is 0 Å². The molecule has 0 saturated carbocycles. The van der Waals surface area contributed by atoms with Gasteiger partial charge >= 0.3 is 0 Å². The van der Waals surface area contributed by atoms with Crippen molar-refractivity contribution in [3.63, 3.8) is 0 Å². The van der Waals surface area contributed by atoms with E-state index in [4.69, 9.17) is 21.6 Å². The van der Waals surface area contributed by atoms with E-state index in [9.17, 15) is 0 Å². The van der Waals surface area contributed by atoms with Crippen LogP contribution >= 0.6 is 11.6 Å². The Hall–Kier alpha value is -2.05. The Morgan fingerprint density at radius 2 is 2.12 bits per heavy atom. The third kappa shape index (κ3) is 2.38. The van der Waals surface area contributed by atoms with Gasteiger partial charge in [0.1, 0.15) is 10.9 Å². The van der Waals surface area contributed by atoms with Crippen molar-refractivity contribution in [2.75, 3.05) is 7.11 Å². The van der Waals surface area contributed by atoms with Gasteiger partial charge in [0.25, 0.3) is 0 Å². The maximum Gasteiger partial charge on any atom is 0.129 e. The van der Waals surface area contributed by atoms with E-state index >= 15 is 0 Å². The molecule has 0 radical (unpaired) electrons. The summed E-state index contributed by atoms with van der Waals surface area (Å²) >= 11 is 5.85. The van der Waals surface area contributed by atoms with E-state index < -0.39 is 0 Å². The third-order valence-corrected chi connectivity index (χ3v) is 2.53. The van der Waals surface area contributed by atoms with Gasteiger partial charge in [-0.3, -0.25) is 0 Å². The molecule has 0 saturated heterocycles. The molecule has 17 heavy (non-hydrogen) atoms. The molecule has 0 bridgehead atoms. The van der Waals surface area contributed by atoms with E-state index in [0.29, 0.717) is 22.2 Å². The molecule has 0 fully saturated rings. The Morgan fingerprint density at radius 3 is 2.76 bits per heavy atom. The standard InChI is InChI=1S/C13H9ClN2O/c1-17-12-6-5-9(8-15)7-10(12)11-3-2-4-13(14)16-11/h2-7H,1H3. The van der Waals surface area contributed by atoms with Crippen molar-refractivity contribution in [2.45, 2.75) is 0 Å². The molecule has 0 atom stereocenters. The first kappa shape index (κ1) is 11.4. The van der Waals surface area contributed by atoms with Gasteiger partial charge < -0.3 is 4.74 Å². The molecular weight excluding hydrogens is 236 g/mol. The summed E-state index contributed by atoms with van der Waals surface area (Å²) in [5, 5.41) is 9.30.